The maximum atomic E-state index is 12.4. The van der Waals surface area contributed by atoms with Crippen molar-refractivity contribution in [3.63, 3.8) is 0 Å². The van der Waals surface area contributed by atoms with E-state index in [4.69, 9.17) is 13.9 Å². The van der Waals surface area contributed by atoms with Gasteiger partial charge in [0.2, 0.25) is 0 Å². The lowest BCUT2D eigenvalue weighted by atomic mass is 10.0. The van der Waals surface area contributed by atoms with Gasteiger partial charge in [0.15, 0.2) is 5.92 Å². The molecule has 0 amide bonds. The molecule has 0 N–H and O–H groups in total. The molecular formula is C18H22O5Si. The molecule has 0 saturated heterocycles. The lowest BCUT2D eigenvalue weighted by Gasteiger charge is -2.34. The lowest BCUT2D eigenvalue weighted by Crippen LogP contribution is -2.53. The van der Waals surface area contributed by atoms with Crippen molar-refractivity contribution in [2.45, 2.75) is 18.6 Å². The second-order valence-electron chi connectivity index (χ2n) is 6.10. The first-order chi connectivity index (χ1) is 11.4. The van der Waals surface area contributed by atoms with Gasteiger partial charge in [-0.3, -0.25) is 9.59 Å². The van der Waals surface area contributed by atoms with E-state index in [1.165, 1.54) is 14.2 Å². The number of carbonyl (C=O) groups excluding carboxylic acids is 2. The zero-order valence-electron chi connectivity index (χ0n) is 14.3. The van der Waals surface area contributed by atoms with Crippen LogP contribution >= 0.6 is 0 Å². The number of esters is 2. The lowest BCUT2D eigenvalue weighted by molar-refractivity contribution is -0.159. The van der Waals surface area contributed by atoms with Gasteiger partial charge in [0.25, 0.3) is 0 Å². The Hall–Kier alpha value is -2.34. The fourth-order valence-corrected chi connectivity index (χ4v) is 6.47. The van der Waals surface area contributed by atoms with Crippen molar-refractivity contribution in [3.05, 3.63) is 54.5 Å². The fourth-order valence-electron chi connectivity index (χ4n) is 3.07. The van der Waals surface area contributed by atoms with Crippen LogP contribution in [0.25, 0.3) is 0 Å². The van der Waals surface area contributed by atoms with Crippen molar-refractivity contribution in [2.24, 2.45) is 5.92 Å². The molecule has 1 aromatic heterocycles. The van der Waals surface area contributed by atoms with Crippen LogP contribution in [-0.2, 0) is 19.1 Å². The summed E-state index contributed by atoms with van der Waals surface area (Å²) in [6.45, 7) is 4.21. The summed E-state index contributed by atoms with van der Waals surface area (Å²) in [5.74, 6) is -1.69. The second kappa shape index (κ2) is 7.48. The molecule has 1 atom stereocenters. The molecule has 2 rings (SSSR count). The second-order valence-corrected chi connectivity index (χ2v) is 10.7. The number of benzene rings is 1. The maximum Gasteiger partial charge on any atom is 0.320 e. The van der Waals surface area contributed by atoms with Crippen molar-refractivity contribution in [3.8, 4) is 0 Å². The van der Waals surface area contributed by atoms with Crippen LogP contribution in [0.15, 0.2) is 53.1 Å². The summed E-state index contributed by atoms with van der Waals surface area (Å²) >= 11 is 0. The van der Waals surface area contributed by atoms with E-state index in [9.17, 15) is 9.59 Å². The SMILES string of the molecule is COC(=O)C(C(=O)OC)C(c1ccco1)[Si](C)(C)c1ccccc1. The average Bonchev–Trinajstić information content (AvgIpc) is 3.12. The van der Waals surface area contributed by atoms with Gasteiger partial charge in [0.05, 0.1) is 28.6 Å². The van der Waals surface area contributed by atoms with Gasteiger partial charge < -0.3 is 13.9 Å². The molecular weight excluding hydrogens is 324 g/mol. The van der Waals surface area contributed by atoms with E-state index < -0.39 is 31.5 Å². The predicted molar refractivity (Wildman–Crippen MR) is 92.5 cm³/mol. The van der Waals surface area contributed by atoms with E-state index in [0.29, 0.717) is 5.76 Å². The van der Waals surface area contributed by atoms with Crippen molar-refractivity contribution >= 4 is 25.2 Å². The van der Waals surface area contributed by atoms with E-state index in [1.807, 2.05) is 30.3 Å². The molecule has 0 aliphatic carbocycles. The monoisotopic (exact) mass is 346 g/mol. The molecule has 5 nitrogen and oxygen atoms in total. The largest absolute Gasteiger partial charge is 0.469 e. The summed E-state index contributed by atoms with van der Waals surface area (Å²) in [7, 11) is 0.215. The number of ether oxygens (including phenoxy) is 2. The summed E-state index contributed by atoms with van der Waals surface area (Å²) in [6.07, 6.45) is 1.55. The molecule has 0 fully saturated rings. The number of rotatable bonds is 6. The number of methoxy groups -OCH3 is 2. The van der Waals surface area contributed by atoms with Crippen LogP contribution in [0.2, 0.25) is 13.1 Å². The first-order valence-electron chi connectivity index (χ1n) is 7.68. The molecule has 1 heterocycles. The van der Waals surface area contributed by atoms with Gasteiger partial charge in [-0.25, -0.2) is 0 Å². The highest BCUT2D eigenvalue weighted by Crippen LogP contribution is 2.36. The number of hydrogen-bond acceptors (Lipinski definition) is 5. The van der Waals surface area contributed by atoms with Crippen LogP contribution in [0, 0.1) is 5.92 Å². The predicted octanol–water partition coefficient (Wildman–Crippen LogP) is 2.48. The normalized spacial score (nSPS) is 12.7. The molecule has 1 aromatic carbocycles. The highest BCUT2D eigenvalue weighted by atomic mass is 28.3. The Kier molecular flexibility index (Phi) is 5.61. The smallest absolute Gasteiger partial charge is 0.320 e. The number of carbonyl (C=O) groups is 2. The average molecular weight is 346 g/mol. The van der Waals surface area contributed by atoms with Gasteiger partial charge in [-0.15, -0.1) is 0 Å². The van der Waals surface area contributed by atoms with Gasteiger partial charge in [-0.1, -0.05) is 48.6 Å². The van der Waals surface area contributed by atoms with Crippen LogP contribution in [0.4, 0.5) is 0 Å². The van der Waals surface area contributed by atoms with E-state index in [0.717, 1.165) is 5.19 Å². The maximum absolute atomic E-state index is 12.4. The zero-order valence-corrected chi connectivity index (χ0v) is 15.3. The van der Waals surface area contributed by atoms with Crippen LogP contribution in [0.5, 0.6) is 0 Å². The van der Waals surface area contributed by atoms with Crippen LogP contribution in [-0.4, -0.2) is 34.2 Å². The van der Waals surface area contributed by atoms with Gasteiger partial charge in [0, 0.05) is 5.54 Å². The molecule has 0 aliphatic heterocycles. The standard InChI is InChI=1S/C18H22O5Si/c1-21-17(19)15(18(20)22-2)16(14-11-8-12-23-14)24(3,4)13-9-6-5-7-10-13/h5-12,15-16H,1-4H3. The molecule has 0 radical (unpaired) electrons. The van der Waals surface area contributed by atoms with Gasteiger partial charge in [-0.2, -0.15) is 0 Å². The molecule has 0 aliphatic rings. The van der Waals surface area contributed by atoms with Crippen molar-refractivity contribution in [1.82, 2.24) is 0 Å². The van der Waals surface area contributed by atoms with E-state index >= 15 is 0 Å². The van der Waals surface area contributed by atoms with E-state index in [1.54, 1.807) is 18.4 Å². The molecule has 0 bridgehead atoms. The highest BCUT2D eigenvalue weighted by Gasteiger charge is 2.49. The summed E-state index contributed by atoms with van der Waals surface area (Å²) in [6, 6.07) is 13.4. The molecule has 0 saturated carbocycles. The van der Waals surface area contributed by atoms with Gasteiger partial charge in [0.1, 0.15) is 5.76 Å². The summed E-state index contributed by atoms with van der Waals surface area (Å²) in [4.78, 5) is 24.8. The molecule has 128 valence electrons. The minimum absolute atomic E-state index is 0.435. The molecule has 6 heteroatoms. The Labute approximate surface area is 142 Å². The van der Waals surface area contributed by atoms with Crippen LogP contribution < -0.4 is 5.19 Å². The summed E-state index contributed by atoms with van der Waals surface area (Å²) in [5, 5.41) is 1.12. The quantitative estimate of drug-likeness (QED) is 0.457. The Balaban J connectivity index is 2.60. The molecule has 24 heavy (non-hydrogen) atoms. The minimum Gasteiger partial charge on any atom is -0.469 e. The van der Waals surface area contributed by atoms with E-state index in [2.05, 4.69) is 13.1 Å². The fraction of sp³-hybridized carbons (Fsp3) is 0.333. The zero-order chi connectivity index (χ0) is 17.7. The third kappa shape index (κ3) is 3.43. The molecule has 2 aromatic rings. The highest BCUT2D eigenvalue weighted by molar-refractivity contribution is 6.91. The Morgan fingerprint density at radius 1 is 0.958 bits per heavy atom. The summed E-state index contributed by atoms with van der Waals surface area (Å²) < 4.78 is 15.4. The van der Waals surface area contributed by atoms with Crippen LogP contribution in [0.1, 0.15) is 11.3 Å². The van der Waals surface area contributed by atoms with Crippen molar-refractivity contribution in [2.75, 3.05) is 14.2 Å². The Morgan fingerprint density at radius 2 is 1.54 bits per heavy atom. The number of furan rings is 1. The minimum atomic E-state index is -2.33. The first-order valence-corrected chi connectivity index (χ1v) is 10.8. The molecule has 1 unspecified atom stereocenters. The summed E-state index contributed by atoms with van der Waals surface area (Å²) in [5.41, 5.74) is -0.435. The third-order valence-electron chi connectivity index (χ3n) is 4.39. The van der Waals surface area contributed by atoms with Crippen LogP contribution in [0.3, 0.4) is 0 Å². The number of hydrogen-bond donors (Lipinski definition) is 0. The van der Waals surface area contributed by atoms with Crippen molar-refractivity contribution in [1.29, 1.82) is 0 Å². The third-order valence-corrected chi connectivity index (χ3v) is 8.38. The topological polar surface area (TPSA) is 65.7 Å². The van der Waals surface area contributed by atoms with Gasteiger partial charge >= 0.3 is 11.9 Å². The Morgan fingerprint density at radius 3 is 2.00 bits per heavy atom. The molecule has 0 spiro atoms. The van der Waals surface area contributed by atoms with Crippen molar-refractivity contribution < 1.29 is 23.5 Å². The van der Waals surface area contributed by atoms with E-state index in [-0.39, 0.29) is 0 Å². The Bertz CT molecular complexity index is 663. The van der Waals surface area contributed by atoms with Gasteiger partial charge in [-0.05, 0) is 12.1 Å². The first kappa shape index (κ1) is 18.0.